The third-order valence-electron chi connectivity index (χ3n) is 4.21. The van der Waals surface area contributed by atoms with E-state index in [0.29, 0.717) is 26.2 Å². The van der Waals surface area contributed by atoms with Crippen molar-refractivity contribution in [3.05, 3.63) is 24.3 Å². The van der Waals surface area contributed by atoms with Gasteiger partial charge in [-0.1, -0.05) is 0 Å². The Labute approximate surface area is 126 Å². The normalized spacial score (nSPS) is 21.8. The Hall–Kier alpha value is -1.31. The maximum absolute atomic E-state index is 12.5. The Morgan fingerprint density at radius 2 is 1.33 bits per heavy atom. The van der Waals surface area contributed by atoms with Gasteiger partial charge in [0, 0.05) is 50.6 Å². The minimum atomic E-state index is -3.25. The first-order valence-electron chi connectivity index (χ1n) is 7.43. The van der Waals surface area contributed by atoms with E-state index in [9.17, 15) is 8.42 Å². The van der Waals surface area contributed by atoms with Crippen molar-refractivity contribution in [3.8, 4) is 0 Å². The molecule has 0 bridgehead atoms. The molecule has 0 radical (unpaired) electrons. The lowest BCUT2D eigenvalue weighted by Gasteiger charge is -2.37. The first kappa shape index (κ1) is 14.6. The average Bonchev–Trinajstić information content (AvgIpc) is 3.03. The molecule has 0 aromatic heterocycles. The van der Waals surface area contributed by atoms with Gasteiger partial charge in [-0.15, -0.1) is 0 Å². The molecule has 2 saturated heterocycles. The quantitative estimate of drug-likeness (QED) is 0.836. The predicted molar refractivity (Wildman–Crippen MR) is 84.4 cm³/mol. The van der Waals surface area contributed by atoms with Crippen LogP contribution in [0.5, 0.6) is 0 Å². The average molecular weight is 310 g/mol. The molecular formula is C14H22N4O2S. The molecule has 6 nitrogen and oxygen atoms in total. The van der Waals surface area contributed by atoms with Crippen molar-refractivity contribution >= 4 is 21.6 Å². The summed E-state index contributed by atoms with van der Waals surface area (Å²) in [4.78, 5) is 2.20. The smallest absolute Gasteiger partial charge is 0.282 e. The van der Waals surface area contributed by atoms with Gasteiger partial charge in [0.15, 0.2) is 0 Å². The number of hydrogen-bond donors (Lipinski definition) is 1. The zero-order chi connectivity index (χ0) is 14.9. The molecule has 2 N–H and O–H groups in total. The zero-order valence-corrected chi connectivity index (χ0v) is 12.9. The van der Waals surface area contributed by atoms with E-state index in [2.05, 4.69) is 4.90 Å². The Bertz CT molecular complexity index is 573. The summed E-state index contributed by atoms with van der Waals surface area (Å²) in [6, 6.07) is 7.73. The van der Waals surface area contributed by atoms with Crippen LogP contribution in [0.3, 0.4) is 0 Å². The summed E-state index contributed by atoms with van der Waals surface area (Å²) in [6.07, 6.45) is 1.95. The molecule has 0 unspecified atom stereocenters. The molecule has 2 heterocycles. The van der Waals surface area contributed by atoms with Gasteiger partial charge in [-0.3, -0.25) is 0 Å². The first-order valence-corrected chi connectivity index (χ1v) is 8.83. The SMILES string of the molecule is Nc1ccc(N2CCN(S(=O)(=O)N3CCCC3)CC2)cc1. The standard InChI is InChI=1S/C14H22N4O2S/c15-13-3-5-14(6-4-13)16-9-11-18(12-10-16)21(19,20)17-7-1-2-8-17/h3-6H,1-2,7-12,15H2. The van der Waals surface area contributed by atoms with Crippen molar-refractivity contribution in [2.75, 3.05) is 49.9 Å². The highest BCUT2D eigenvalue weighted by Crippen LogP contribution is 2.21. The van der Waals surface area contributed by atoms with Crippen LogP contribution in [0.2, 0.25) is 0 Å². The van der Waals surface area contributed by atoms with Crippen molar-refractivity contribution in [3.63, 3.8) is 0 Å². The van der Waals surface area contributed by atoms with E-state index in [1.54, 1.807) is 8.61 Å². The van der Waals surface area contributed by atoms with Crippen molar-refractivity contribution in [1.82, 2.24) is 8.61 Å². The van der Waals surface area contributed by atoms with Gasteiger partial charge >= 0.3 is 0 Å². The molecule has 2 fully saturated rings. The molecule has 7 heteroatoms. The topological polar surface area (TPSA) is 69.9 Å². The second-order valence-electron chi connectivity index (χ2n) is 5.59. The van der Waals surface area contributed by atoms with E-state index in [0.717, 1.165) is 37.3 Å². The summed E-state index contributed by atoms with van der Waals surface area (Å²) in [6.45, 7) is 3.86. The minimum Gasteiger partial charge on any atom is -0.399 e. The molecule has 2 aliphatic rings. The van der Waals surface area contributed by atoms with Crippen LogP contribution in [-0.2, 0) is 10.2 Å². The third-order valence-corrected chi connectivity index (χ3v) is 6.25. The van der Waals surface area contributed by atoms with Gasteiger partial charge in [0.05, 0.1) is 0 Å². The van der Waals surface area contributed by atoms with Gasteiger partial charge in [-0.05, 0) is 37.1 Å². The Balaban J connectivity index is 1.63. The summed E-state index contributed by atoms with van der Waals surface area (Å²) in [5.41, 5.74) is 7.54. The van der Waals surface area contributed by atoms with E-state index in [4.69, 9.17) is 5.73 Å². The molecule has 21 heavy (non-hydrogen) atoms. The van der Waals surface area contributed by atoms with Crippen LogP contribution >= 0.6 is 0 Å². The number of hydrogen-bond acceptors (Lipinski definition) is 4. The molecule has 1 aromatic carbocycles. The number of nitrogen functional groups attached to an aromatic ring is 1. The van der Waals surface area contributed by atoms with Crippen LogP contribution in [0, 0.1) is 0 Å². The lowest BCUT2D eigenvalue weighted by molar-refractivity contribution is 0.343. The molecule has 0 atom stereocenters. The highest BCUT2D eigenvalue weighted by molar-refractivity contribution is 7.86. The van der Waals surface area contributed by atoms with Crippen molar-refractivity contribution in [2.24, 2.45) is 0 Å². The molecular weight excluding hydrogens is 288 g/mol. The number of anilines is 2. The fraction of sp³-hybridized carbons (Fsp3) is 0.571. The van der Waals surface area contributed by atoms with Gasteiger partial charge in [0.25, 0.3) is 10.2 Å². The number of benzene rings is 1. The first-order chi connectivity index (χ1) is 10.1. The largest absolute Gasteiger partial charge is 0.399 e. The van der Waals surface area contributed by atoms with Crippen LogP contribution in [0.4, 0.5) is 11.4 Å². The minimum absolute atomic E-state index is 0.545. The van der Waals surface area contributed by atoms with E-state index >= 15 is 0 Å². The number of rotatable bonds is 3. The Kier molecular flexibility index (Phi) is 4.05. The Morgan fingerprint density at radius 3 is 1.90 bits per heavy atom. The summed E-state index contributed by atoms with van der Waals surface area (Å²) in [5, 5.41) is 0. The number of piperazine rings is 1. The summed E-state index contributed by atoms with van der Waals surface area (Å²) in [7, 11) is -3.25. The zero-order valence-electron chi connectivity index (χ0n) is 12.1. The number of nitrogens with two attached hydrogens (primary N) is 1. The number of nitrogens with zero attached hydrogens (tertiary/aromatic N) is 3. The molecule has 0 saturated carbocycles. The summed E-state index contributed by atoms with van der Waals surface area (Å²) in [5.74, 6) is 0. The summed E-state index contributed by atoms with van der Waals surface area (Å²) < 4.78 is 28.2. The van der Waals surface area contributed by atoms with Crippen molar-refractivity contribution in [1.29, 1.82) is 0 Å². The van der Waals surface area contributed by atoms with Gasteiger partial charge < -0.3 is 10.6 Å². The maximum Gasteiger partial charge on any atom is 0.282 e. The molecule has 116 valence electrons. The molecule has 2 aliphatic heterocycles. The van der Waals surface area contributed by atoms with Gasteiger partial charge in [0.1, 0.15) is 0 Å². The lowest BCUT2D eigenvalue weighted by Crippen LogP contribution is -2.52. The van der Waals surface area contributed by atoms with Crippen LogP contribution in [0.25, 0.3) is 0 Å². The molecule has 0 aliphatic carbocycles. The highest BCUT2D eigenvalue weighted by atomic mass is 32.2. The molecule has 0 amide bonds. The van der Waals surface area contributed by atoms with Crippen LogP contribution < -0.4 is 10.6 Å². The van der Waals surface area contributed by atoms with Crippen molar-refractivity contribution < 1.29 is 8.42 Å². The van der Waals surface area contributed by atoms with Gasteiger partial charge in [-0.25, -0.2) is 0 Å². The predicted octanol–water partition coefficient (Wildman–Crippen LogP) is 0.731. The molecule has 3 rings (SSSR count). The van der Waals surface area contributed by atoms with Crippen LogP contribution in [-0.4, -0.2) is 56.3 Å². The van der Waals surface area contributed by atoms with E-state index < -0.39 is 10.2 Å². The monoisotopic (exact) mass is 310 g/mol. The fourth-order valence-corrected chi connectivity index (χ4v) is 4.62. The summed E-state index contributed by atoms with van der Waals surface area (Å²) >= 11 is 0. The van der Waals surface area contributed by atoms with Crippen LogP contribution in [0.1, 0.15) is 12.8 Å². The second kappa shape index (κ2) is 5.82. The van der Waals surface area contributed by atoms with Gasteiger partial charge in [0.2, 0.25) is 0 Å². The van der Waals surface area contributed by atoms with Gasteiger partial charge in [-0.2, -0.15) is 17.0 Å². The fourth-order valence-electron chi connectivity index (χ4n) is 2.94. The maximum atomic E-state index is 12.5. The molecule has 1 aromatic rings. The molecule has 0 spiro atoms. The van der Waals surface area contributed by atoms with E-state index in [1.165, 1.54) is 0 Å². The Morgan fingerprint density at radius 1 is 0.810 bits per heavy atom. The van der Waals surface area contributed by atoms with E-state index in [-0.39, 0.29) is 0 Å². The van der Waals surface area contributed by atoms with E-state index in [1.807, 2.05) is 24.3 Å². The third kappa shape index (κ3) is 3.00. The second-order valence-corrected chi connectivity index (χ2v) is 7.52. The van der Waals surface area contributed by atoms with Crippen molar-refractivity contribution in [2.45, 2.75) is 12.8 Å². The highest BCUT2D eigenvalue weighted by Gasteiger charge is 2.33. The lowest BCUT2D eigenvalue weighted by atomic mass is 10.2. The van der Waals surface area contributed by atoms with Crippen LogP contribution in [0.15, 0.2) is 24.3 Å².